The van der Waals surface area contributed by atoms with Gasteiger partial charge in [0.1, 0.15) is 16.9 Å². The Morgan fingerprint density at radius 1 is 0.690 bits per heavy atom. The van der Waals surface area contributed by atoms with E-state index in [1.807, 2.05) is 60.7 Å². The Morgan fingerprint density at radius 2 is 1.31 bits per heavy atom. The molecule has 3 heterocycles. The normalized spacial score (nSPS) is 11.3. The highest BCUT2D eigenvalue weighted by Crippen LogP contribution is 2.29. The summed E-state index contributed by atoms with van der Waals surface area (Å²) in [6, 6.07) is 27.9. The summed E-state index contributed by atoms with van der Waals surface area (Å²) in [5.74, 6) is 2.32. The molecule has 7 nitrogen and oxygen atoms in total. The van der Waals surface area contributed by atoms with Crippen molar-refractivity contribution in [2.75, 3.05) is 5.73 Å². The molecule has 0 aliphatic heterocycles. The number of oxazole rings is 2. The zero-order chi connectivity index (χ0) is 29.1. The fourth-order valence-corrected chi connectivity index (χ4v) is 5.20. The molecule has 0 aliphatic carbocycles. The van der Waals surface area contributed by atoms with Crippen LogP contribution in [0.15, 0.2) is 93.8 Å². The topological polar surface area (TPSA) is 95.9 Å². The van der Waals surface area contributed by atoms with Gasteiger partial charge in [-0.2, -0.15) is 0 Å². The van der Waals surface area contributed by atoms with Crippen molar-refractivity contribution in [2.45, 2.75) is 53.0 Å². The predicted octanol–water partition coefficient (Wildman–Crippen LogP) is 8.98. The Morgan fingerprint density at radius 3 is 1.90 bits per heavy atom. The lowest BCUT2D eigenvalue weighted by atomic mass is 10.0. The van der Waals surface area contributed by atoms with Crippen molar-refractivity contribution in [3.05, 3.63) is 96.3 Å². The van der Waals surface area contributed by atoms with E-state index in [1.54, 1.807) is 0 Å². The third-order valence-corrected chi connectivity index (χ3v) is 7.41. The van der Waals surface area contributed by atoms with Crippen LogP contribution in [0.4, 0.5) is 5.69 Å². The van der Waals surface area contributed by atoms with E-state index in [9.17, 15) is 0 Å². The van der Waals surface area contributed by atoms with Crippen LogP contribution in [-0.4, -0.2) is 19.5 Å². The Hall–Kier alpha value is -4.91. The van der Waals surface area contributed by atoms with Gasteiger partial charge in [0.2, 0.25) is 11.8 Å². The van der Waals surface area contributed by atoms with Crippen molar-refractivity contribution < 1.29 is 8.83 Å². The largest absolute Gasteiger partial charge is 0.436 e. The smallest absolute Gasteiger partial charge is 0.227 e. The lowest BCUT2D eigenvalue weighted by molar-refractivity contribution is 0.619. The summed E-state index contributed by atoms with van der Waals surface area (Å²) in [5.41, 5.74) is 15.6. The number of rotatable bonds is 7. The number of fused-ring (bicyclic) bond motifs is 3. The molecule has 0 aliphatic rings. The van der Waals surface area contributed by atoms with E-state index in [-0.39, 0.29) is 0 Å². The summed E-state index contributed by atoms with van der Waals surface area (Å²) in [5, 5.41) is 0. The minimum Gasteiger partial charge on any atom is -0.436 e. The summed E-state index contributed by atoms with van der Waals surface area (Å²) >= 11 is 0. The molecule has 212 valence electrons. The fourth-order valence-electron chi connectivity index (χ4n) is 5.20. The maximum atomic E-state index is 6.12. The first kappa shape index (κ1) is 27.3. The second kappa shape index (κ2) is 11.9. The number of nitrogen functional groups attached to an aromatic ring is 1. The van der Waals surface area contributed by atoms with Crippen LogP contribution in [0.1, 0.15) is 44.5 Å². The monoisotopic (exact) mass is 557 g/mol. The minimum absolute atomic E-state index is 0.625. The third-order valence-electron chi connectivity index (χ3n) is 7.41. The lowest BCUT2D eigenvalue weighted by Gasteiger charge is -2.06. The number of para-hydroxylation sites is 4. The van der Waals surface area contributed by atoms with Crippen LogP contribution in [0.25, 0.3) is 56.1 Å². The van der Waals surface area contributed by atoms with E-state index in [2.05, 4.69) is 64.6 Å². The molecule has 2 N–H and O–H groups in total. The molecule has 0 spiro atoms. The van der Waals surface area contributed by atoms with Crippen LogP contribution in [0.3, 0.4) is 0 Å². The fraction of sp³-hybridized carbons (Fsp3) is 0.229. The van der Waals surface area contributed by atoms with Crippen LogP contribution in [0, 0.1) is 6.92 Å². The summed E-state index contributed by atoms with van der Waals surface area (Å²) in [6.07, 6.45) is 4.45. The number of imidazole rings is 1. The number of aromatic nitrogens is 4. The summed E-state index contributed by atoms with van der Waals surface area (Å²) in [6.45, 7) is 7.40. The van der Waals surface area contributed by atoms with Gasteiger partial charge in [0.15, 0.2) is 11.2 Å². The van der Waals surface area contributed by atoms with Gasteiger partial charge in [-0.25, -0.2) is 15.0 Å². The number of benzene rings is 4. The summed E-state index contributed by atoms with van der Waals surface area (Å²) < 4.78 is 13.9. The molecule has 0 saturated carbocycles. The van der Waals surface area contributed by atoms with Gasteiger partial charge < -0.3 is 19.1 Å². The van der Waals surface area contributed by atoms with E-state index in [1.165, 1.54) is 17.5 Å². The van der Waals surface area contributed by atoms with Crippen molar-refractivity contribution in [3.8, 4) is 22.9 Å². The van der Waals surface area contributed by atoms with Crippen LogP contribution in [0.5, 0.6) is 0 Å². The molecule has 0 atom stereocenters. The average molecular weight is 558 g/mol. The Bertz CT molecular complexity index is 1910. The molecule has 42 heavy (non-hydrogen) atoms. The molecule has 0 amide bonds. The first-order chi connectivity index (χ1) is 20.5. The Labute approximate surface area is 245 Å². The average Bonchev–Trinajstić information content (AvgIpc) is 3.72. The van der Waals surface area contributed by atoms with E-state index in [0.717, 1.165) is 76.2 Å². The highest BCUT2D eigenvalue weighted by atomic mass is 16.4. The SMILES string of the molecule is CCCCc1ccc(-c2nc3ccccc3o2)cc1N.CCCn1c(C)nc2cc(-c3nc4ccccc4o3)ccc21. The van der Waals surface area contributed by atoms with Crippen molar-refractivity contribution in [1.82, 2.24) is 19.5 Å². The molecule has 0 saturated heterocycles. The second-order valence-corrected chi connectivity index (χ2v) is 10.5. The molecule has 0 bridgehead atoms. The number of unbranched alkanes of at least 4 members (excludes halogenated alkanes) is 1. The van der Waals surface area contributed by atoms with Crippen molar-refractivity contribution in [3.63, 3.8) is 0 Å². The summed E-state index contributed by atoms with van der Waals surface area (Å²) in [7, 11) is 0. The van der Waals surface area contributed by atoms with Crippen molar-refractivity contribution >= 4 is 38.9 Å². The first-order valence-corrected chi connectivity index (χ1v) is 14.6. The number of hydrogen-bond acceptors (Lipinski definition) is 6. The van der Waals surface area contributed by atoms with E-state index < -0.39 is 0 Å². The molecule has 0 fully saturated rings. The number of hydrogen-bond donors (Lipinski definition) is 1. The van der Waals surface area contributed by atoms with Gasteiger partial charge in [-0.15, -0.1) is 0 Å². The number of aryl methyl sites for hydroxylation is 3. The van der Waals surface area contributed by atoms with Gasteiger partial charge in [-0.1, -0.05) is 50.6 Å². The van der Waals surface area contributed by atoms with Gasteiger partial charge in [0, 0.05) is 23.4 Å². The predicted molar refractivity (Wildman–Crippen MR) is 170 cm³/mol. The van der Waals surface area contributed by atoms with E-state index in [0.29, 0.717) is 11.8 Å². The molecule has 0 unspecified atom stereocenters. The minimum atomic E-state index is 0.625. The van der Waals surface area contributed by atoms with Crippen LogP contribution in [0.2, 0.25) is 0 Å². The Balaban J connectivity index is 0.000000151. The molecule has 7 heteroatoms. The number of nitrogens with two attached hydrogens (primary N) is 1. The highest BCUT2D eigenvalue weighted by molar-refractivity contribution is 5.83. The van der Waals surface area contributed by atoms with E-state index >= 15 is 0 Å². The molecule has 0 radical (unpaired) electrons. The second-order valence-electron chi connectivity index (χ2n) is 10.5. The molecule has 7 rings (SSSR count). The molecular weight excluding hydrogens is 522 g/mol. The maximum absolute atomic E-state index is 6.12. The van der Waals surface area contributed by atoms with Gasteiger partial charge >= 0.3 is 0 Å². The van der Waals surface area contributed by atoms with Gasteiger partial charge in [0.25, 0.3) is 0 Å². The molecule has 3 aromatic heterocycles. The quantitative estimate of drug-likeness (QED) is 0.196. The third kappa shape index (κ3) is 5.50. The molecule has 7 aromatic rings. The van der Waals surface area contributed by atoms with Gasteiger partial charge in [0.05, 0.1) is 11.0 Å². The standard InChI is InChI=1S/C18H17N3O.C17H18N2O/c1-3-10-21-12(2)19-15-11-13(8-9-16(15)21)18-20-14-6-4-5-7-17(14)22-18;1-2-3-6-12-9-10-13(11-14(12)18)17-19-15-7-4-5-8-16(15)20-17/h4-9,11H,3,10H2,1-2H3;4-5,7-11H,2-3,6,18H2,1H3. The van der Waals surface area contributed by atoms with Crippen LogP contribution < -0.4 is 5.73 Å². The van der Waals surface area contributed by atoms with Crippen molar-refractivity contribution in [2.24, 2.45) is 0 Å². The van der Waals surface area contributed by atoms with Gasteiger partial charge in [-0.05, 0) is 86.3 Å². The zero-order valence-electron chi connectivity index (χ0n) is 24.3. The number of nitrogens with zero attached hydrogens (tertiary/aromatic N) is 4. The number of anilines is 1. The van der Waals surface area contributed by atoms with Gasteiger partial charge in [-0.3, -0.25) is 0 Å². The summed E-state index contributed by atoms with van der Waals surface area (Å²) in [4.78, 5) is 13.7. The molecular formula is C35H35N5O2. The highest BCUT2D eigenvalue weighted by Gasteiger charge is 2.12. The van der Waals surface area contributed by atoms with Crippen LogP contribution >= 0.6 is 0 Å². The first-order valence-electron chi connectivity index (χ1n) is 14.6. The lowest BCUT2D eigenvalue weighted by Crippen LogP contribution is -1.98. The van der Waals surface area contributed by atoms with E-state index in [4.69, 9.17) is 14.6 Å². The van der Waals surface area contributed by atoms with Crippen molar-refractivity contribution in [1.29, 1.82) is 0 Å². The van der Waals surface area contributed by atoms with Crippen LogP contribution in [-0.2, 0) is 13.0 Å². The zero-order valence-corrected chi connectivity index (χ0v) is 24.3. The maximum Gasteiger partial charge on any atom is 0.227 e. The Kier molecular flexibility index (Phi) is 7.73. The molecule has 4 aromatic carbocycles.